The summed E-state index contributed by atoms with van der Waals surface area (Å²) in [5, 5.41) is 2.91. The van der Waals surface area contributed by atoms with E-state index < -0.39 is 6.10 Å². The molecule has 4 rings (SSSR count). The number of pyridine rings is 1. The van der Waals surface area contributed by atoms with Crippen LogP contribution in [0.5, 0.6) is 11.5 Å². The van der Waals surface area contributed by atoms with E-state index in [0.29, 0.717) is 31.1 Å². The normalized spacial score (nSPS) is 15.0. The van der Waals surface area contributed by atoms with Gasteiger partial charge in [0.25, 0.3) is 5.91 Å². The Bertz CT molecular complexity index is 1090. The number of aromatic nitrogens is 1. The van der Waals surface area contributed by atoms with Gasteiger partial charge in [-0.15, -0.1) is 0 Å². The second kappa shape index (κ2) is 9.96. The lowest BCUT2D eigenvalue weighted by molar-refractivity contribution is -0.127. The fourth-order valence-corrected chi connectivity index (χ4v) is 3.68. The van der Waals surface area contributed by atoms with Crippen molar-refractivity contribution in [3.63, 3.8) is 0 Å². The van der Waals surface area contributed by atoms with Crippen LogP contribution in [0.4, 0.5) is 5.82 Å². The number of methoxy groups -OCH3 is 1. The van der Waals surface area contributed by atoms with Gasteiger partial charge in [-0.1, -0.05) is 48.5 Å². The number of hydrogen-bond acceptors (Lipinski definition) is 5. The molecule has 1 aliphatic heterocycles. The van der Waals surface area contributed by atoms with Crippen LogP contribution in [0.1, 0.15) is 30.1 Å². The fraction of sp³-hybridized carbons (Fsp3) is 0.240. The molecule has 3 aromatic rings. The molecule has 1 atom stereocenters. The zero-order valence-electron chi connectivity index (χ0n) is 17.9. The van der Waals surface area contributed by atoms with Crippen molar-refractivity contribution in [3.05, 3.63) is 84.1 Å². The molecule has 0 saturated carbocycles. The van der Waals surface area contributed by atoms with Crippen LogP contribution < -0.4 is 19.7 Å². The van der Waals surface area contributed by atoms with Crippen LogP contribution in [0.25, 0.3) is 0 Å². The van der Waals surface area contributed by atoms with Gasteiger partial charge < -0.3 is 14.8 Å². The van der Waals surface area contributed by atoms with Gasteiger partial charge in [0.15, 0.2) is 11.6 Å². The summed E-state index contributed by atoms with van der Waals surface area (Å²) in [5.74, 6) is 1.51. The lowest BCUT2D eigenvalue weighted by Crippen LogP contribution is -2.42. The molecule has 2 heterocycles. The highest BCUT2D eigenvalue weighted by molar-refractivity contribution is 5.99. The molecule has 0 fully saturated rings. The number of nitrogens with one attached hydrogen (secondary N) is 1. The zero-order chi connectivity index (χ0) is 22.3. The van der Waals surface area contributed by atoms with Crippen LogP contribution in [0.15, 0.2) is 72.9 Å². The maximum absolute atomic E-state index is 13.2. The van der Waals surface area contributed by atoms with Crippen LogP contribution in [-0.4, -0.2) is 30.5 Å². The van der Waals surface area contributed by atoms with Crippen LogP contribution in [0.2, 0.25) is 0 Å². The molecule has 0 saturated heterocycles. The van der Waals surface area contributed by atoms with Crippen molar-refractivity contribution in [3.8, 4) is 11.5 Å². The SMILES string of the molecule is COc1ccccc1CNC(=O)CCCN1C(=O)C(c2ccccc2)Oc2cccnc21. The molecule has 2 aromatic carbocycles. The Hall–Kier alpha value is -3.87. The summed E-state index contributed by atoms with van der Waals surface area (Å²) < 4.78 is 11.3. The number of carbonyl (C=O) groups excluding carboxylic acids is 2. The number of amides is 2. The van der Waals surface area contributed by atoms with Gasteiger partial charge in [-0.3, -0.25) is 14.5 Å². The summed E-state index contributed by atoms with van der Waals surface area (Å²) in [7, 11) is 1.61. The summed E-state index contributed by atoms with van der Waals surface area (Å²) in [4.78, 5) is 31.5. The topological polar surface area (TPSA) is 80.8 Å². The zero-order valence-corrected chi connectivity index (χ0v) is 17.9. The lowest BCUT2D eigenvalue weighted by Gasteiger charge is -2.33. The number of carbonyl (C=O) groups is 2. The average Bonchev–Trinajstić information content (AvgIpc) is 2.84. The highest BCUT2D eigenvalue weighted by Crippen LogP contribution is 2.37. The average molecular weight is 431 g/mol. The number of anilines is 1. The van der Waals surface area contributed by atoms with Crippen LogP contribution in [0, 0.1) is 0 Å². The minimum Gasteiger partial charge on any atom is -0.496 e. The number of rotatable bonds is 8. The van der Waals surface area contributed by atoms with Gasteiger partial charge in [0.1, 0.15) is 5.75 Å². The third-order valence-corrected chi connectivity index (χ3v) is 5.30. The summed E-state index contributed by atoms with van der Waals surface area (Å²) in [6, 6.07) is 20.5. The summed E-state index contributed by atoms with van der Waals surface area (Å²) >= 11 is 0. The summed E-state index contributed by atoms with van der Waals surface area (Å²) in [6.45, 7) is 0.761. The molecule has 1 aromatic heterocycles. The van der Waals surface area contributed by atoms with E-state index in [2.05, 4.69) is 10.3 Å². The molecule has 1 unspecified atom stereocenters. The van der Waals surface area contributed by atoms with Gasteiger partial charge in [-0.2, -0.15) is 0 Å². The van der Waals surface area contributed by atoms with Gasteiger partial charge in [0.2, 0.25) is 12.0 Å². The van der Waals surface area contributed by atoms with E-state index in [9.17, 15) is 9.59 Å². The Balaban J connectivity index is 1.38. The maximum atomic E-state index is 13.2. The molecule has 7 nitrogen and oxygen atoms in total. The Morgan fingerprint density at radius 1 is 1.09 bits per heavy atom. The largest absolute Gasteiger partial charge is 0.496 e. The molecule has 7 heteroatoms. The highest BCUT2D eigenvalue weighted by atomic mass is 16.5. The number of benzene rings is 2. The van der Waals surface area contributed by atoms with E-state index in [1.54, 1.807) is 30.3 Å². The van der Waals surface area contributed by atoms with E-state index >= 15 is 0 Å². The van der Waals surface area contributed by atoms with Crippen molar-refractivity contribution in [2.24, 2.45) is 0 Å². The second-order valence-corrected chi connectivity index (χ2v) is 7.42. The molecule has 0 radical (unpaired) electrons. The minimum absolute atomic E-state index is 0.0857. The molecule has 0 aliphatic carbocycles. The Morgan fingerprint density at radius 3 is 2.69 bits per heavy atom. The van der Waals surface area contributed by atoms with Gasteiger partial charge in [0.05, 0.1) is 7.11 Å². The third kappa shape index (κ3) is 4.72. The fourth-order valence-electron chi connectivity index (χ4n) is 3.68. The molecule has 32 heavy (non-hydrogen) atoms. The Morgan fingerprint density at radius 2 is 1.88 bits per heavy atom. The van der Waals surface area contributed by atoms with E-state index in [4.69, 9.17) is 9.47 Å². The first-order chi connectivity index (χ1) is 15.7. The number of ether oxygens (including phenoxy) is 2. The Labute approximate surface area is 187 Å². The first kappa shape index (κ1) is 21.4. The highest BCUT2D eigenvalue weighted by Gasteiger charge is 2.36. The van der Waals surface area contributed by atoms with E-state index in [1.165, 1.54) is 0 Å². The maximum Gasteiger partial charge on any atom is 0.274 e. The molecule has 164 valence electrons. The molecule has 2 amide bonds. The Kier molecular flexibility index (Phi) is 6.65. The smallest absolute Gasteiger partial charge is 0.274 e. The third-order valence-electron chi connectivity index (χ3n) is 5.30. The predicted molar refractivity (Wildman–Crippen MR) is 120 cm³/mol. The summed E-state index contributed by atoms with van der Waals surface area (Å²) in [6.07, 6.45) is 1.69. The van der Waals surface area contributed by atoms with Crippen molar-refractivity contribution in [1.82, 2.24) is 10.3 Å². The molecule has 0 bridgehead atoms. The summed E-state index contributed by atoms with van der Waals surface area (Å²) in [5.41, 5.74) is 1.70. The van der Waals surface area contributed by atoms with Gasteiger partial charge >= 0.3 is 0 Å². The molecular weight excluding hydrogens is 406 g/mol. The predicted octanol–water partition coefficient (Wildman–Crippen LogP) is 3.65. The second-order valence-electron chi connectivity index (χ2n) is 7.42. The lowest BCUT2D eigenvalue weighted by atomic mass is 10.1. The first-order valence-electron chi connectivity index (χ1n) is 10.5. The van der Waals surface area contributed by atoms with Crippen LogP contribution in [-0.2, 0) is 16.1 Å². The van der Waals surface area contributed by atoms with Crippen molar-refractivity contribution in [2.75, 3.05) is 18.6 Å². The van der Waals surface area contributed by atoms with Crippen LogP contribution in [0.3, 0.4) is 0 Å². The van der Waals surface area contributed by atoms with E-state index in [-0.39, 0.29) is 18.2 Å². The van der Waals surface area contributed by atoms with Crippen LogP contribution >= 0.6 is 0 Å². The number of fused-ring (bicyclic) bond motifs is 1. The van der Waals surface area contributed by atoms with Gasteiger partial charge in [-0.05, 0) is 24.6 Å². The monoisotopic (exact) mass is 431 g/mol. The van der Waals surface area contributed by atoms with E-state index in [1.807, 2.05) is 54.6 Å². The van der Waals surface area contributed by atoms with Crippen molar-refractivity contribution in [2.45, 2.75) is 25.5 Å². The number of nitrogens with zero attached hydrogens (tertiary/aromatic N) is 2. The molecule has 1 N–H and O–H groups in total. The first-order valence-corrected chi connectivity index (χ1v) is 10.5. The molecule has 1 aliphatic rings. The van der Waals surface area contributed by atoms with Crippen molar-refractivity contribution < 1.29 is 19.1 Å². The number of para-hydroxylation sites is 1. The van der Waals surface area contributed by atoms with Gasteiger partial charge in [0, 0.05) is 36.8 Å². The standard InChI is InChI=1S/C25H25N3O4/c1-31-20-12-6-5-11-19(20)17-27-22(29)14-8-16-28-24-21(13-7-15-26-24)32-23(25(28)30)18-9-3-2-4-10-18/h2-7,9-13,15,23H,8,14,16-17H2,1H3,(H,27,29). The van der Waals surface area contributed by atoms with E-state index in [0.717, 1.165) is 16.9 Å². The molecular formula is C25H25N3O4. The molecule has 0 spiro atoms. The van der Waals surface area contributed by atoms with Crippen molar-refractivity contribution in [1.29, 1.82) is 0 Å². The number of hydrogen-bond donors (Lipinski definition) is 1. The quantitative estimate of drug-likeness (QED) is 0.589. The van der Waals surface area contributed by atoms with Crippen molar-refractivity contribution >= 4 is 17.6 Å². The minimum atomic E-state index is -0.729. The van der Waals surface area contributed by atoms with Gasteiger partial charge in [-0.25, -0.2) is 4.98 Å².